The predicted molar refractivity (Wildman–Crippen MR) is 362 cm³/mol. The molecule has 4 saturated heterocycles. The van der Waals surface area contributed by atoms with Crippen LogP contribution in [0.4, 0.5) is 21.0 Å². The van der Waals surface area contributed by atoms with E-state index in [1.807, 2.05) is 19.1 Å². The van der Waals surface area contributed by atoms with Gasteiger partial charge < -0.3 is 62.3 Å². The SMILES string of the molecule is C=CCOC(=O)N1c2cc(C)c(OC)cc2C(=O)N2CC=C(c3ccc(S(=O)(=O)N(C)C4CCCCO4)cc3)C[C@H]2C1OC1CCCCO1.C=CCOC(=O)N1c2cc(O)c(OC)cc2C(=O)N2CC=C(c3ccc(S(=O)(=O)N(C)C4CCCCO4)cc3)C[C@H]2C1OC1CCCCO1. The summed E-state index contributed by atoms with van der Waals surface area (Å²) in [5, 5.41) is 10.8. The number of phenols is 1. The molecule has 6 unspecified atom stereocenters. The van der Waals surface area contributed by atoms with Crippen LogP contribution in [0.5, 0.6) is 17.2 Å². The molecule has 8 atom stereocenters. The van der Waals surface area contributed by atoms with E-state index < -0.39 is 81.8 Å². The van der Waals surface area contributed by atoms with Gasteiger partial charge in [0.05, 0.1) is 58.6 Å². The van der Waals surface area contributed by atoms with Crippen molar-refractivity contribution < 1.29 is 88.5 Å². The number of nitrogens with zero attached hydrogens (tertiary/aromatic N) is 6. The molecule has 4 amide bonds. The number of rotatable bonds is 18. The van der Waals surface area contributed by atoms with E-state index in [1.54, 1.807) is 77.5 Å². The summed E-state index contributed by atoms with van der Waals surface area (Å²) < 4.78 is 115. The van der Waals surface area contributed by atoms with Gasteiger partial charge in [-0.15, -0.1) is 0 Å². The second-order valence-corrected chi connectivity index (χ2v) is 29.1. The lowest BCUT2D eigenvalue weighted by Gasteiger charge is -2.42. The third-order valence-corrected chi connectivity index (χ3v) is 22.8. The second-order valence-electron chi connectivity index (χ2n) is 25.1. The van der Waals surface area contributed by atoms with Gasteiger partial charge in [-0.3, -0.25) is 9.59 Å². The largest absolute Gasteiger partial charge is 0.504 e. The highest BCUT2D eigenvalue weighted by Gasteiger charge is 2.50. The van der Waals surface area contributed by atoms with Gasteiger partial charge in [0.25, 0.3) is 11.8 Å². The summed E-state index contributed by atoms with van der Waals surface area (Å²) in [6, 6.07) is 18.2. The quantitative estimate of drug-likeness (QED) is 0.0907. The Morgan fingerprint density at radius 1 is 0.571 bits per heavy atom. The van der Waals surface area contributed by atoms with Crippen molar-refractivity contribution in [3.05, 3.63) is 138 Å². The number of hydrogen-bond donors (Lipinski definition) is 1. The number of aryl methyl sites for hydroxylation is 1. The minimum Gasteiger partial charge on any atom is -0.504 e. The number of carbonyl (C=O) groups excluding carboxylic acids is 4. The monoisotopic (exact) mass is 1390 g/mol. The topological polar surface area (TPSA) is 269 Å². The smallest absolute Gasteiger partial charge is 0.416 e. The van der Waals surface area contributed by atoms with Crippen LogP contribution >= 0.6 is 0 Å². The molecule has 8 aliphatic rings. The molecule has 4 aromatic rings. The van der Waals surface area contributed by atoms with Crippen LogP contribution in [0, 0.1) is 6.92 Å². The summed E-state index contributed by atoms with van der Waals surface area (Å²) in [4.78, 5) is 62.7. The molecule has 4 fully saturated rings. The number of phenolic OH excluding ortho intramolecular Hbond substituents is 1. The van der Waals surface area contributed by atoms with E-state index in [0.717, 1.165) is 79.2 Å². The van der Waals surface area contributed by atoms with Gasteiger partial charge >= 0.3 is 12.2 Å². The molecule has 0 radical (unpaired) electrons. The Hall–Kier alpha value is -7.70. The van der Waals surface area contributed by atoms with Crippen molar-refractivity contribution in [2.75, 3.05) is 90.8 Å². The lowest BCUT2D eigenvalue weighted by Crippen LogP contribution is -2.57. The first-order valence-corrected chi connectivity index (χ1v) is 36.3. The van der Waals surface area contributed by atoms with Crippen LogP contribution in [0.15, 0.2) is 120 Å². The van der Waals surface area contributed by atoms with Crippen molar-refractivity contribution in [1.82, 2.24) is 18.4 Å². The zero-order valence-electron chi connectivity index (χ0n) is 56.1. The number of ether oxygens (including phenoxy) is 10. The van der Waals surface area contributed by atoms with Crippen molar-refractivity contribution in [1.29, 1.82) is 0 Å². The number of aromatic hydroxyl groups is 1. The zero-order valence-corrected chi connectivity index (χ0v) is 57.8. The number of amides is 4. The maximum absolute atomic E-state index is 14.3. The third-order valence-electron chi connectivity index (χ3n) is 19.0. The molecule has 0 spiro atoms. The zero-order chi connectivity index (χ0) is 69.4. The molecule has 8 aliphatic heterocycles. The Bertz CT molecular complexity index is 3610. The number of anilines is 2. The number of sulfonamides is 2. The molecule has 0 saturated carbocycles. The van der Waals surface area contributed by atoms with Gasteiger partial charge in [-0.05, 0) is 167 Å². The van der Waals surface area contributed by atoms with E-state index in [2.05, 4.69) is 13.2 Å². The van der Waals surface area contributed by atoms with Crippen molar-refractivity contribution in [2.45, 2.75) is 156 Å². The van der Waals surface area contributed by atoms with E-state index in [0.29, 0.717) is 70.0 Å². The molecule has 12 rings (SSSR count). The molecule has 8 heterocycles. The average molecular weight is 1390 g/mol. The van der Waals surface area contributed by atoms with Crippen LogP contribution in [-0.2, 0) is 57.9 Å². The second kappa shape index (κ2) is 31.7. The molecule has 0 bridgehead atoms. The van der Waals surface area contributed by atoms with E-state index in [1.165, 1.54) is 64.0 Å². The van der Waals surface area contributed by atoms with Gasteiger partial charge in [0, 0.05) is 59.7 Å². The van der Waals surface area contributed by atoms with Crippen LogP contribution in [0.2, 0.25) is 0 Å². The molecule has 4 aromatic carbocycles. The first-order valence-electron chi connectivity index (χ1n) is 33.5. The molecule has 0 aliphatic carbocycles. The summed E-state index contributed by atoms with van der Waals surface area (Å²) in [6.07, 6.45) is 11.3. The van der Waals surface area contributed by atoms with Crippen molar-refractivity contribution in [3.63, 3.8) is 0 Å². The van der Waals surface area contributed by atoms with Gasteiger partial charge in [0.15, 0.2) is 36.5 Å². The molecule has 98 heavy (non-hydrogen) atoms. The summed E-state index contributed by atoms with van der Waals surface area (Å²) in [5.41, 5.74) is 4.90. The fraction of sp³-hybridized carbons (Fsp3) is 0.493. The number of fused-ring (bicyclic) bond motifs is 4. The van der Waals surface area contributed by atoms with Gasteiger partial charge in [-0.1, -0.05) is 61.7 Å². The first kappa shape index (κ1) is 71.6. The number of carbonyl (C=O) groups is 4. The van der Waals surface area contributed by atoms with E-state index in [4.69, 9.17) is 47.4 Å². The Balaban J connectivity index is 0.000000198. The lowest BCUT2D eigenvalue weighted by atomic mass is 9.92. The van der Waals surface area contributed by atoms with Gasteiger partial charge in [0.2, 0.25) is 20.0 Å². The van der Waals surface area contributed by atoms with Crippen LogP contribution < -0.4 is 19.3 Å². The molecular weight excluding hydrogens is 1300 g/mol. The highest BCUT2D eigenvalue weighted by atomic mass is 32.2. The molecule has 27 heteroatoms. The standard InChI is InChI=1S/C36H45N3O9S.C35H43N3O10S/c1-5-18-47-36(41)39-29-21-24(2)31(44-4)23-28(29)34(40)38-17-16-26(22-30(38)35(39)48-33-11-7-9-20-46-33)25-12-14-27(15-13-25)49(42,43)37(3)32-10-6-8-19-45-32;1-4-17-47-35(41)38-27-22-29(39)30(44-3)21-26(27)33(40)37-16-15-24(20-28(37)34(38)48-32-10-6-8-19-46-32)23-11-13-25(14-12-23)49(42,43)36(2)31-9-5-7-18-45-31/h5,12-16,21,23,30,32-33,35H,1,6-11,17-20,22H2,2-4H3;4,11-15,21-22,28,31-32,34,39H,1,5-10,16-20H2,2-3H3/t30-,32?,33?,35?;28-,31?,32?,34?/m00/s1. The van der Waals surface area contributed by atoms with Crippen LogP contribution in [0.3, 0.4) is 0 Å². The summed E-state index contributed by atoms with van der Waals surface area (Å²) in [7, 11) is -1.58. The Labute approximate surface area is 573 Å². The Morgan fingerprint density at radius 3 is 1.35 bits per heavy atom. The van der Waals surface area contributed by atoms with E-state index >= 15 is 0 Å². The molecule has 25 nitrogen and oxygen atoms in total. The average Bonchev–Trinajstić information content (AvgIpc) is 1.56. The van der Waals surface area contributed by atoms with Gasteiger partial charge in [-0.25, -0.2) is 36.2 Å². The molecule has 1 N–H and O–H groups in total. The van der Waals surface area contributed by atoms with Crippen molar-refractivity contribution in [3.8, 4) is 17.2 Å². The predicted octanol–water partition coefficient (Wildman–Crippen LogP) is 10.3. The fourth-order valence-electron chi connectivity index (χ4n) is 13.7. The highest BCUT2D eigenvalue weighted by molar-refractivity contribution is 7.89. The van der Waals surface area contributed by atoms with Gasteiger partial charge in [0.1, 0.15) is 31.4 Å². The molecule has 528 valence electrons. The van der Waals surface area contributed by atoms with Crippen molar-refractivity contribution in [2.24, 2.45) is 0 Å². The Kier molecular flexibility index (Phi) is 23.1. The number of methoxy groups -OCH3 is 2. The summed E-state index contributed by atoms with van der Waals surface area (Å²) in [6.45, 7) is 11.5. The summed E-state index contributed by atoms with van der Waals surface area (Å²) >= 11 is 0. The van der Waals surface area contributed by atoms with Crippen LogP contribution in [0.1, 0.15) is 127 Å². The first-order chi connectivity index (χ1) is 47.3. The van der Waals surface area contributed by atoms with Crippen LogP contribution in [-0.4, -0.2) is 195 Å². The minimum absolute atomic E-state index is 0.0305. The lowest BCUT2D eigenvalue weighted by molar-refractivity contribution is -0.197. The van der Waals surface area contributed by atoms with E-state index in [9.17, 15) is 41.1 Å². The van der Waals surface area contributed by atoms with E-state index in [-0.39, 0.29) is 82.6 Å². The highest BCUT2D eigenvalue weighted by Crippen LogP contribution is 2.45. The number of hydrogen-bond acceptors (Lipinski definition) is 19. The normalized spacial score (nSPS) is 24.4. The Morgan fingerprint density at radius 2 is 0.969 bits per heavy atom. The third kappa shape index (κ3) is 15.2. The fourth-order valence-corrected chi connectivity index (χ4v) is 16.2. The van der Waals surface area contributed by atoms with Crippen LogP contribution in [0.25, 0.3) is 11.1 Å². The van der Waals surface area contributed by atoms with Crippen molar-refractivity contribution >= 4 is 66.6 Å². The summed E-state index contributed by atoms with van der Waals surface area (Å²) in [5.74, 6) is -0.345. The van der Waals surface area contributed by atoms with Gasteiger partial charge in [-0.2, -0.15) is 8.61 Å². The maximum atomic E-state index is 14.3. The molecular formula is C71H88N6O19S2. The maximum Gasteiger partial charge on any atom is 0.416 e. The molecule has 0 aromatic heterocycles. The number of benzene rings is 4. The minimum atomic E-state index is -3.80.